The van der Waals surface area contributed by atoms with E-state index < -0.39 is 10.0 Å². The average molecular weight is 492 g/mol. The van der Waals surface area contributed by atoms with Crippen molar-refractivity contribution in [3.8, 4) is 0 Å². The van der Waals surface area contributed by atoms with Gasteiger partial charge in [-0.3, -0.25) is 0 Å². The SMILES string of the molecule is O=S1(=O)c2cccc(c2)NC(=S)/C([n+]2ccccc2)=C(/[O-])c2ccc(cc2)CC2CCCCN21. The lowest BCUT2D eigenvalue weighted by Crippen LogP contribution is -2.44. The molecule has 3 aromatic rings. The van der Waals surface area contributed by atoms with Gasteiger partial charge in [0.2, 0.25) is 15.7 Å². The van der Waals surface area contributed by atoms with Crippen LogP contribution in [-0.4, -0.2) is 30.3 Å². The van der Waals surface area contributed by atoms with Gasteiger partial charge in [0, 0.05) is 30.4 Å². The van der Waals surface area contributed by atoms with E-state index in [1.807, 2.05) is 30.3 Å². The van der Waals surface area contributed by atoms with Crippen LogP contribution in [0.2, 0.25) is 0 Å². The number of pyridine rings is 1. The molecule has 4 bridgehead atoms. The number of hydrogen-bond donors (Lipinski definition) is 1. The highest BCUT2D eigenvalue weighted by Gasteiger charge is 2.34. The number of nitrogens with one attached hydrogen (secondary N) is 1. The van der Waals surface area contributed by atoms with Crippen molar-refractivity contribution in [2.45, 2.75) is 36.6 Å². The molecule has 1 aromatic heterocycles. The van der Waals surface area contributed by atoms with E-state index in [9.17, 15) is 13.5 Å². The van der Waals surface area contributed by atoms with E-state index in [-0.39, 0.29) is 21.7 Å². The molecule has 34 heavy (non-hydrogen) atoms. The second kappa shape index (κ2) is 9.29. The number of benzene rings is 2. The number of piperidine rings is 1. The molecule has 3 aliphatic rings. The van der Waals surface area contributed by atoms with Crippen LogP contribution in [0.15, 0.2) is 84.0 Å². The zero-order valence-electron chi connectivity index (χ0n) is 18.6. The molecule has 4 heterocycles. The normalized spacial score (nSPS) is 22.8. The maximum Gasteiger partial charge on any atom is 0.243 e. The van der Waals surface area contributed by atoms with Crippen LogP contribution in [0.5, 0.6) is 0 Å². The van der Waals surface area contributed by atoms with Gasteiger partial charge in [0.1, 0.15) is 0 Å². The molecule has 174 valence electrons. The first-order chi connectivity index (χ1) is 16.4. The molecule has 0 amide bonds. The third kappa shape index (κ3) is 4.36. The molecule has 1 fully saturated rings. The van der Waals surface area contributed by atoms with Gasteiger partial charge in [0.05, 0.1) is 4.90 Å². The molecule has 6 rings (SSSR count). The number of nitrogens with zero attached hydrogens (tertiary/aromatic N) is 2. The molecule has 8 heteroatoms. The molecular formula is C26H25N3O3S2. The monoisotopic (exact) mass is 491 g/mol. The zero-order chi connectivity index (χ0) is 23.7. The Morgan fingerprint density at radius 1 is 1.00 bits per heavy atom. The van der Waals surface area contributed by atoms with Gasteiger partial charge >= 0.3 is 0 Å². The molecular weight excluding hydrogens is 466 g/mol. The Morgan fingerprint density at radius 3 is 2.53 bits per heavy atom. The van der Waals surface area contributed by atoms with Crippen LogP contribution >= 0.6 is 12.2 Å². The van der Waals surface area contributed by atoms with Gasteiger partial charge < -0.3 is 10.4 Å². The number of fused-ring (bicyclic) bond motifs is 4. The first-order valence-corrected chi connectivity index (χ1v) is 13.2. The van der Waals surface area contributed by atoms with Gasteiger partial charge in [0.15, 0.2) is 17.4 Å². The van der Waals surface area contributed by atoms with Crippen molar-refractivity contribution in [2.24, 2.45) is 0 Å². The van der Waals surface area contributed by atoms with Crippen molar-refractivity contribution >= 4 is 44.4 Å². The van der Waals surface area contributed by atoms with Gasteiger partial charge in [0.25, 0.3) is 0 Å². The van der Waals surface area contributed by atoms with Crippen molar-refractivity contribution in [1.29, 1.82) is 0 Å². The number of sulfonamides is 1. The summed E-state index contributed by atoms with van der Waals surface area (Å²) in [4.78, 5) is 0.433. The van der Waals surface area contributed by atoms with Crippen LogP contribution in [0.25, 0.3) is 11.5 Å². The van der Waals surface area contributed by atoms with E-state index in [0.717, 1.165) is 24.8 Å². The standard InChI is InChI=1S/C26H25N3O3S2/c30-25-20-12-10-19(11-13-20)17-22-8-2-5-16-29(22)34(31,32)23-9-6-7-21(18-23)27-26(33)24(25)28-14-3-1-4-15-28/h1,3-4,6-7,9-15,18,22H,2,5,8,16-17H2,(H-,27,30,33). The molecule has 6 nitrogen and oxygen atoms in total. The lowest BCUT2D eigenvalue weighted by molar-refractivity contribution is -0.577. The maximum absolute atomic E-state index is 13.6. The number of aromatic nitrogens is 1. The Labute approximate surface area is 205 Å². The van der Waals surface area contributed by atoms with Gasteiger partial charge in [-0.1, -0.05) is 55.0 Å². The third-order valence-corrected chi connectivity index (χ3v) is 8.61. The number of thiocarbonyl (C=S) groups is 1. The summed E-state index contributed by atoms with van der Waals surface area (Å²) >= 11 is 5.66. The summed E-state index contributed by atoms with van der Waals surface area (Å²) in [5, 5.41) is 16.7. The molecule has 2 aromatic carbocycles. The molecule has 1 unspecified atom stereocenters. The quantitative estimate of drug-likeness (QED) is 0.418. The van der Waals surface area contributed by atoms with Crippen LogP contribution in [0.3, 0.4) is 0 Å². The van der Waals surface area contributed by atoms with Crippen LogP contribution in [0.1, 0.15) is 30.4 Å². The van der Waals surface area contributed by atoms with Crippen molar-refractivity contribution in [3.05, 3.63) is 90.3 Å². The summed E-state index contributed by atoms with van der Waals surface area (Å²) in [6, 6.07) is 19.5. The highest BCUT2D eigenvalue weighted by molar-refractivity contribution is 7.89. The lowest BCUT2D eigenvalue weighted by atomic mass is 9.97. The van der Waals surface area contributed by atoms with E-state index in [1.54, 1.807) is 57.7 Å². The van der Waals surface area contributed by atoms with Gasteiger partial charge in [-0.05, 0) is 54.3 Å². The Kier molecular flexibility index (Phi) is 6.20. The smallest absolute Gasteiger partial charge is 0.243 e. The fourth-order valence-corrected chi connectivity index (χ4v) is 6.70. The van der Waals surface area contributed by atoms with Crippen LogP contribution in [0, 0.1) is 0 Å². The largest absolute Gasteiger partial charge is 0.867 e. The van der Waals surface area contributed by atoms with Crippen molar-refractivity contribution in [3.63, 3.8) is 0 Å². The van der Waals surface area contributed by atoms with E-state index in [4.69, 9.17) is 12.2 Å². The Balaban J connectivity index is 1.68. The van der Waals surface area contributed by atoms with Crippen molar-refractivity contribution in [2.75, 3.05) is 11.9 Å². The molecule has 0 saturated carbocycles. The number of rotatable bonds is 1. The predicted molar refractivity (Wildman–Crippen MR) is 134 cm³/mol. The Morgan fingerprint density at radius 2 is 1.76 bits per heavy atom. The molecule has 0 radical (unpaired) electrons. The molecule has 0 aliphatic carbocycles. The lowest BCUT2D eigenvalue weighted by Gasteiger charge is -2.35. The number of hydrogen-bond acceptors (Lipinski definition) is 4. The Hall–Kier alpha value is -3.07. The van der Waals surface area contributed by atoms with E-state index in [0.29, 0.717) is 29.9 Å². The molecule has 1 N–H and O–H groups in total. The van der Waals surface area contributed by atoms with E-state index in [1.165, 1.54) is 0 Å². The van der Waals surface area contributed by atoms with Crippen LogP contribution in [-0.2, 0) is 16.4 Å². The minimum Gasteiger partial charge on any atom is -0.867 e. The molecule has 1 saturated heterocycles. The van der Waals surface area contributed by atoms with Crippen LogP contribution in [0.4, 0.5) is 5.69 Å². The summed E-state index contributed by atoms with van der Waals surface area (Å²) in [6.45, 7) is 0.502. The van der Waals surface area contributed by atoms with E-state index >= 15 is 0 Å². The minimum atomic E-state index is -3.69. The van der Waals surface area contributed by atoms with Gasteiger partial charge in [-0.25, -0.2) is 8.42 Å². The van der Waals surface area contributed by atoms with Gasteiger partial charge in [-0.2, -0.15) is 8.87 Å². The second-order valence-electron chi connectivity index (χ2n) is 8.61. The van der Waals surface area contributed by atoms with Crippen molar-refractivity contribution < 1.29 is 18.1 Å². The summed E-state index contributed by atoms with van der Waals surface area (Å²) in [5.74, 6) is -0.210. The second-order valence-corrected chi connectivity index (χ2v) is 10.9. The zero-order valence-corrected chi connectivity index (χ0v) is 20.2. The fourth-order valence-electron chi connectivity index (χ4n) is 4.64. The predicted octanol–water partition coefficient (Wildman–Crippen LogP) is 3.20. The third-order valence-electron chi connectivity index (χ3n) is 6.36. The minimum absolute atomic E-state index is 0.120. The molecule has 3 aliphatic heterocycles. The number of anilines is 1. The van der Waals surface area contributed by atoms with Gasteiger partial charge in [-0.15, -0.1) is 0 Å². The highest BCUT2D eigenvalue weighted by atomic mass is 32.2. The molecule has 0 spiro atoms. The first kappa shape index (κ1) is 22.7. The maximum atomic E-state index is 13.6. The average Bonchev–Trinajstić information content (AvgIpc) is 2.85. The fraction of sp³-hybridized carbons (Fsp3) is 0.231. The highest BCUT2D eigenvalue weighted by Crippen LogP contribution is 2.29. The van der Waals surface area contributed by atoms with Crippen molar-refractivity contribution in [1.82, 2.24) is 4.31 Å². The summed E-state index contributed by atoms with van der Waals surface area (Å²) < 4.78 is 30.6. The first-order valence-electron chi connectivity index (χ1n) is 11.3. The summed E-state index contributed by atoms with van der Waals surface area (Å²) in [7, 11) is -3.69. The summed E-state index contributed by atoms with van der Waals surface area (Å²) in [6.07, 6.45) is 6.79. The van der Waals surface area contributed by atoms with Crippen LogP contribution < -0.4 is 15.0 Å². The Bertz CT molecular complexity index is 1350. The van der Waals surface area contributed by atoms with E-state index in [2.05, 4.69) is 5.32 Å². The topological polar surface area (TPSA) is 76.3 Å². The summed E-state index contributed by atoms with van der Waals surface area (Å²) in [5.41, 5.74) is 2.34. The molecule has 1 atom stereocenters.